The minimum atomic E-state index is -0.0600. The van der Waals surface area contributed by atoms with Crippen molar-refractivity contribution < 1.29 is 4.79 Å². The second kappa shape index (κ2) is 5.91. The van der Waals surface area contributed by atoms with Gasteiger partial charge in [0.2, 0.25) is 0 Å². The van der Waals surface area contributed by atoms with Crippen LogP contribution in [0.15, 0.2) is 61.1 Å². The van der Waals surface area contributed by atoms with Crippen LogP contribution in [-0.2, 0) is 0 Å². The molecule has 0 radical (unpaired) electrons. The molecule has 5 rings (SSSR count). The van der Waals surface area contributed by atoms with Gasteiger partial charge < -0.3 is 9.47 Å². The Morgan fingerprint density at radius 3 is 2.62 bits per heavy atom. The molecule has 2 aromatic heterocycles. The first-order valence-corrected chi connectivity index (χ1v) is 8.72. The molecule has 4 aromatic rings. The molecule has 0 saturated carbocycles. The van der Waals surface area contributed by atoms with E-state index in [4.69, 9.17) is 0 Å². The molecule has 6 heteroatoms. The van der Waals surface area contributed by atoms with Crippen LogP contribution in [0.1, 0.15) is 23.0 Å². The summed E-state index contributed by atoms with van der Waals surface area (Å²) in [6.45, 7) is 1.37. The summed E-state index contributed by atoms with van der Waals surface area (Å²) in [4.78, 5) is 28.0. The van der Waals surface area contributed by atoms with E-state index in [0.29, 0.717) is 18.8 Å². The molecule has 0 N–H and O–H groups in total. The molecule has 6 nitrogen and oxygen atoms in total. The Labute approximate surface area is 150 Å². The van der Waals surface area contributed by atoms with Gasteiger partial charge in [-0.25, -0.2) is 9.97 Å². The molecule has 128 valence electrons. The van der Waals surface area contributed by atoms with Gasteiger partial charge in [0.05, 0.1) is 40.6 Å². The molecule has 0 bridgehead atoms. The highest BCUT2D eigenvalue weighted by molar-refractivity contribution is 5.94. The number of benzene rings is 2. The average molecular weight is 343 g/mol. The molecule has 1 aliphatic rings. The SMILES string of the molecule is O=C(c1cnc2ccccc2n1)N1CC[C@H](n2cnc3ccccc32)C1. The van der Waals surface area contributed by atoms with Gasteiger partial charge in [-0.15, -0.1) is 0 Å². The van der Waals surface area contributed by atoms with Crippen LogP contribution in [0.2, 0.25) is 0 Å². The Bertz CT molecular complexity index is 1120. The number of fused-ring (bicyclic) bond motifs is 2. The summed E-state index contributed by atoms with van der Waals surface area (Å²) in [6.07, 6.45) is 4.36. The molecular weight excluding hydrogens is 326 g/mol. The maximum atomic E-state index is 12.9. The maximum Gasteiger partial charge on any atom is 0.274 e. The van der Waals surface area contributed by atoms with Gasteiger partial charge in [-0.3, -0.25) is 9.78 Å². The average Bonchev–Trinajstić information content (AvgIpc) is 3.34. The molecular formula is C20H17N5O. The molecule has 0 aliphatic carbocycles. The monoisotopic (exact) mass is 343 g/mol. The van der Waals surface area contributed by atoms with Gasteiger partial charge in [0.1, 0.15) is 5.69 Å². The van der Waals surface area contributed by atoms with E-state index in [1.54, 1.807) is 6.20 Å². The Morgan fingerprint density at radius 2 is 1.73 bits per heavy atom. The third-order valence-corrected chi connectivity index (χ3v) is 4.99. The van der Waals surface area contributed by atoms with Gasteiger partial charge in [0.15, 0.2) is 0 Å². The third-order valence-electron chi connectivity index (χ3n) is 4.99. The molecule has 1 aliphatic heterocycles. The molecule has 0 spiro atoms. The van der Waals surface area contributed by atoms with Crippen molar-refractivity contribution >= 4 is 28.0 Å². The van der Waals surface area contributed by atoms with Crippen LogP contribution in [-0.4, -0.2) is 43.4 Å². The predicted octanol–water partition coefficient (Wildman–Crippen LogP) is 3.07. The fourth-order valence-corrected chi connectivity index (χ4v) is 3.64. The highest BCUT2D eigenvalue weighted by atomic mass is 16.2. The van der Waals surface area contributed by atoms with E-state index in [-0.39, 0.29) is 11.9 Å². The Kier molecular flexibility index (Phi) is 3.41. The number of carbonyl (C=O) groups is 1. The lowest BCUT2D eigenvalue weighted by Crippen LogP contribution is -2.29. The number of likely N-dealkylation sites (tertiary alicyclic amines) is 1. The fourth-order valence-electron chi connectivity index (χ4n) is 3.64. The van der Waals surface area contributed by atoms with Crippen LogP contribution in [0.5, 0.6) is 0 Å². The smallest absolute Gasteiger partial charge is 0.274 e. The summed E-state index contributed by atoms with van der Waals surface area (Å²) in [5.74, 6) is -0.0600. The standard InChI is InChI=1S/C20H17N5O/c26-20(18-11-21-15-5-1-2-6-16(15)23-18)24-10-9-14(12-24)25-13-22-17-7-3-4-8-19(17)25/h1-8,11,13-14H,9-10,12H2/t14-/m0/s1. The van der Waals surface area contributed by atoms with Crippen LogP contribution in [0.3, 0.4) is 0 Å². The van der Waals surface area contributed by atoms with Gasteiger partial charge in [0.25, 0.3) is 5.91 Å². The quantitative estimate of drug-likeness (QED) is 0.561. The number of aromatic nitrogens is 4. The number of rotatable bonds is 2. The number of hydrogen-bond acceptors (Lipinski definition) is 4. The normalized spacial score (nSPS) is 17.2. The molecule has 3 heterocycles. The number of hydrogen-bond donors (Lipinski definition) is 0. The van der Waals surface area contributed by atoms with Crippen molar-refractivity contribution in [1.82, 2.24) is 24.4 Å². The number of amides is 1. The van der Waals surface area contributed by atoms with Crippen molar-refractivity contribution in [1.29, 1.82) is 0 Å². The predicted molar refractivity (Wildman–Crippen MR) is 98.8 cm³/mol. The number of para-hydroxylation sites is 4. The lowest BCUT2D eigenvalue weighted by atomic mass is 10.2. The van der Waals surface area contributed by atoms with Crippen LogP contribution < -0.4 is 0 Å². The summed E-state index contributed by atoms with van der Waals surface area (Å²) >= 11 is 0. The summed E-state index contributed by atoms with van der Waals surface area (Å²) < 4.78 is 2.18. The van der Waals surface area contributed by atoms with E-state index in [0.717, 1.165) is 28.5 Å². The first kappa shape index (κ1) is 15.0. The number of carbonyl (C=O) groups excluding carboxylic acids is 1. The van der Waals surface area contributed by atoms with Crippen LogP contribution >= 0.6 is 0 Å². The van der Waals surface area contributed by atoms with E-state index >= 15 is 0 Å². The lowest BCUT2D eigenvalue weighted by molar-refractivity contribution is 0.0782. The van der Waals surface area contributed by atoms with E-state index in [1.165, 1.54) is 0 Å². The van der Waals surface area contributed by atoms with Crippen LogP contribution in [0.4, 0.5) is 0 Å². The first-order chi connectivity index (χ1) is 12.8. The van der Waals surface area contributed by atoms with Gasteiger partial charge in [0, 0.05) is 13.1 Å². The highest BCUT2D eigenvalue weighted by Gasteiger charge is 2.29. The summed E-state index contributed by atoms with van der Waals surface area (Å²) in [7, 11) is 0. The zero-order valence-corrected chi connectivity index (χ0v) is 14.1. The fraction of sp³-hybridized carbons (Fsp3) is 0.200. The van der Waals surface area contributed by atoms with E-state index in [2.05, 4.69) is 25.6 Å². The van der Waals surface area contributed by atoms with Gasteiger partial charge in [-0.1, -0.05) is 24.3 Å². The Hall–Kier alpha value is -3.28. The van der Waals surface area contributed by atoms with Crippen molar-refractivity contribution in [3.8, 4) is 0 Å². The Balaban J connectivity index is 1.40. The molecule has 1 atom stereocenters. The molecule has 0 unspecified atom stereocenters. The number of imidazole rings is 1. The minimum Gasteiger partial charge on any atom is -0.335 e. The van der Waals surface area contributed by atoms with Crippen LogP contribution in [0, 0.1) is 0 Å². The van der Waals surface area contributed by atoms with E-state index in [1.807, 2.05) is 53.7 Å². The Morgan fingerprint density at radius 1 is 0.962 bits per heavy atom. The largest absolute Gasteiger partial charge is 0.335 e. The maximum absolute atomic E-state index is 12.9. The van der Waals surface area contributed by atoms with Crippen molar-refractivity contribution in [2.24, 2.45) is 0 Å². The second-order valence-corrected chi connectivity index (χ2v) is 6.58. The van der Waals surface area contributed by atoms with Crippen molar-refractivity contribution in [2.75, 3.05) is 13.1 Å². The zero-order chi connectivity index (χ0) is 17.5. The molecule has 2 aromatic carbocycles. The topological polar surface area (TPSA) is 63.9 Å². The van der Waals surface area contributed by atoms with E-state index < -0.39 is 0 Å². The molecule has 1 fully saturated rings. The van der Waals surface area contributed by atoms with Crippen LogP contribution in [0.25, 0.3) is 22.1 Å². The van der Waals surface area contributed by atoms with E-state index in [9.17, 15) is 4.79 Å². The molecule has 26 heavy (non-hydrogen) atoms. The number of nitrogens with zero attached hydrogens (tertiary/aromatic N) is 5. The van der Waals surface area contributed by atoms with Crippen molar-refractivity contribution in [3.63, 3.8) is 0 Å². The van der Waals surface area contributed by atoms with Gasteiger partial charge in [-0.05, 0) is 30.7 Å². The second-order valence-electron chi connectivity index (χ2n) is 6.58. The summed E-state index contributed by atoms with van der Waals surface area (Å²) in [5.41, 5.74) is 4.04. The summed E-state index contributed by atoms with van der Waals surface area (Å²) in [5, 5.41) is 0. The molecule has 1 saturated heterocycles. The molecule has 1 amide bonds. The van der Waals surface area contributed by atoms with Gasteiger partial charge in [-0.2, -0.15) is 0 Å². The first-order valence-electron chi connectivity index (χ1n) is 8.72. The van der Waals surface area contributed by atoms with Gasteiger partial charge >= 0.3 is 0 Å². The summed E-state index contributed by atoms with van der Waals surface area (Å²) in [6, 6.07) is 15.9. The highest BCUT2D eigenvalue weighted by Crippen LogP contribution is 2.26. The third kappa shape index (κ3) is 2.42. The lowest BCUT2D eigenvalue weighted by Gasteiger charge is -2.17. The zero-order valence-electron chi connectivity index (χ0n) is 14.1. The minimum absolute atomic E-state index is 0.0600. The van der Waals surface area contributed by atoms with Crippen molar-refractivity contribution in [2.45, 2.75) is 12.5 Å². The van der Waals surface area contributed by atoms with Crippen molar-refractivity contribution in [3.05, 3.63) is 66.7 Å².